The van der Waals surface area contributed by atoms with Gasteiger partial charge in [0.15, 0.2) is 0 Å². The summed E-state index contributed by atoms with van der Waals surface area (Å²) in [6, 6.07) is 0. The Hall–Kier alpha value is -0.0800. The summed E-state index contributed by atoms with van der Waals surface area (Å²) in [4.78, 5) is 0. The van der Waals surface area contributed by atoms with Gasteiger partial charge in [-0.05, 0) is 37.8 Å². The van der Waals surface area contributed by atoms with Gasteiger partial charge in [0.1, 0.15) is 0 Å². The monoisotopic (exact) mass is 141 g/mol. The van der Waals surface area contributed by atoms with Crippen molar-refractivity contribution in [1.29, 1.82) is 0 Å². The molecule has 1 N–H and O–H groups in total. The van der Waals surface area contributed by atoms with E-state index in [1.54, 1.807) is 0 Å². The quantitative estimate of drug-likeness (QED) is 0.617. The van der Waals surface area contributed by atoms with Gasteiger partial charge < -0.3 is 10.1 Å². The predicted molar refractivity (Wildman–Crippen MR) is 39.8 cm³/mol. The van der Waals surface area contributed by atoms with Crippen LogP contribution in [0, 0.1) is 17.8 Å². The van der Waals surface area contributed by atoms with E-state index in [1.807, 2.05) is 0 Å². The zero-order valence-electron chi connectivity index (χ0n) is 6.47. The molecule has 0 spiro atoms. The second-order valence-electron chi connectivity index (χ2n) is 3.31. The molecule has 2 fully saturated rings. The van der Waals surface area contributed by atoms with Gasteiger partial charge >= 0.3 is 0 Å². The molecule has 0 amide bonds. The molecule has 2 aliphatic rings. The van der Waals surface area contributed by atoms with Crippen molar-refractivity contribution >= 4 is 0 Å². The topological polar surface area (TPSA) is 21.3 Å². The highest BCUT2D eigenvalue weighted by Crippen LogP contribution is 2.48. The summed E-state index contributed by atoms with van der Waals surface area (Å²) < 4.78 is 5.37. The van der Waals surface area contributed by atoms with Gasteiger partial charge in [-0.2, -0.15) is 0 Å². The fourth-order valence-electron chi connectivity index (χ4n) is 2.05. The first kappa shape index (κ1) is 6.62. The lowest BCUT2D eigenvalue weighted by Gasteiger charge is -2.02. The van der Waals surface area contributed by atoms with Crippen molar-refractivity contribution in [2.75, 3.05) is 26.3 Å². The Labute approximate surface area is 61.9 Å². The van der Waals surface area contributed by atoms with Crippen LogP contribution in [0.5, 0.6) is 0 Å². The molecule has 0 bridgehead atoms. The first-order chi connectivity index (χ1) is 4.93. The van der Waals surface area contributed by atoms with Crippen LogP contribution in [0.3, 0.4) is 0 Å². The summed E-state index contributed by atoms with van der Waals surface area (Å²) in [5.41, 5.74) is 0. The van der Waals surface area contributed by atoms with E-state index >= 15 is 0 Å². The molecule has 0 radical (unpaired) electrons. The Balaban J connectivity index is 1.69. The number of hydrogen-bond donors (Lipinski definition) is 1. The third kappa shape index (κ3) is 0.956. The predicted octanol–water partition coefficient (Wildman–Crippen LogP) is 0.488. The average molecular weight is 141 g/mol. The summed E-state index contributed by atoms with van der Waals surface area (Å²) in [6.45, 7) is 6.43. The van der Waals surface area contributed by atoms with Gasteiger partial charge in [0, 0.05) is 6.61 Å². The summed E-state index contributed by atoms with van der Waals surface area (Å²) in [6.07, 6.45) is 0. The van der Waals surface area contributed by atoms with E-state index in [2.05, 4.69) is 12.2 Å². The fourth-order valence-corrected chi connectivity index (χ4v) is 2.05. The minimum absolute atomic E-state index is 0.878. The van der Waals surface area contributed by atoms with Crippen molar-refractivity contribution in [2.45, 2.75) is 6.92 Å². The molecule has 0 aromatic rings. The minimum atomic E-state index is 0.878. The van der Waals surface area contributed by atoms with E-state index < -0.39 is 0 Å². The Morgan fingerprint density at radius 1 is 1.40 bits per heavy atom. The SMILES string of the molecule is CCOCC1C2CNCC21. The fraction of sp³-hybridized carbons (Fsp3) is 1.00. The Morgan fingerprint density at radius 2 is 2.10 bits per heavy atom. The van der Waals surface area contributed by atoms with Crippen LogP contribution in [0.1, 0.15) is 6.92 Å². The van der Waals surface area contributed by atoms with Gasteiger partial charge in [0.05, 0.1) is 6.61 Å². The van der Waals surface area contributed by atoms with Crippen LogP contribution in [0.15, 0.2) is 0 Å². The number of hydrogen-bond acceptors (Lipinski definition) is 2. The first-order valence-corrected chi connectivity index (χ1v) is 4.22. The van der Waals surface area contributed by atoms with Crippen molar-refractivity contribution in [2.24, 2.45) is 17.8 Å². The molecule has 10 heavy (non-hydrogen) atoms. The third-order valence-electron chi connectivity index (χ3n) is 2.78. The van der Waals surface area contributed by atoms with E-state index in [9.17, 15) is 0 Å². The average Bonchev–Trinajstić information content (AvgIpc) is 2.46. The number of rotatable bonds is 3. The summed E-state index contributed by atoms with van der Waals surface area (Å²) in [7, 11) is 0. The van der Waals surface area contributed by atoms with Crippen LogP contribution >= 0.6 is 0 Å². The second-order valence-corrected chi connectivity index (χ2v) is 3.31. The van der Waals surface area contributed by atoms with E-state index in [4.69, 9.17) is 4.74 Å². The maximum atomic E-state index is 5.37. The van der Waals surface area contributed by atoms with Gasteiger partial charge in [-0.15, -0.1) is 0 Å². The molecular weight excluding hydrogens is 126 g/mol. The molecule has 2 heteroatoms. The van der Waals surface area contributed by atoms with Gasteiger partial charge in [-0.1, -0.05) is 0 Å². The van der Waals surface area contributed by atoms with Gasteiger partial charge in [-0.25, -0.2) is 0 Å². The molecule has 2 unspecified atom stereocenters. The standard InChI is InChI=1S/C8H15NO/c1-2-10-5-8-6-3-9-4-7(6)8/h6-9H,2-5H2,1H3. The smallest absolute Gasteiger partial charge is 0.0500 e. The first-order valence-electron chi connectivity index (χ1n) is 4.22. The summed E-state index contributed by atoms with van der Waals surface area (Å²) in [5.74, 6) is 2.83. The highest BCUT2D eigenvalue weighted by molar-refractivity contribution is 5.03. The maximum Gasteiger partial charge on any atom is 0.0500 e. The highest BCUT2D eigenvalue weighted by Gasteiger charge is 2.52. The van der Waals surface area contributed by atoms with Crippen molar-refractivity contribution < 1.29 is 4.74 Å². The van der Waals surface area contributed by atoms with Crippen LogP contribution in [0.2, 0.25) is 0 Å². The van der Waals surface area contributed by atoms with Crippen LogP contribution in [0.25, 0.3) is 0 Å². The normalized spacial score (nSPS) is 43.5. The van der Waals surface area contributed by atoms with Crippen LogP contribution in [0.4, 0.5) is 0 Å². The largest absolute Gasteiger partial charge is 0.381 e. The molecule has 1 aliphatic carbocycles. The van der Waals surface area contributed by atoms with E-state index in [0.717, 1.165) is 31.0 Å². The molecule has 2 rings (SSSR count). The minimum Gasteiger partial charge on any atom is -0.381 e. The zero-order chi connectivity index (χ0) is 6.97. The van der Waals surface area contributed by atoms with Crippen LogP contribution in [-0.2, 0) is 4.74 Å². The Bertz CT molecular complexity index is 116. The molecule has 58 valence electrons. The summed E-state index contributed by atoms with van der Waals surface area (Å²) in [5, 5.41) is 3.37. The lowest BCUT2D eigenvalue weighted by atomic mass is 10.3. The number of fused-ring (bicyclic) bond motifs is 1. The zero-order valence-corrected chi connectivity index (χ0v) is 6.47. The van der Waals surface area contributed by atoms with Crippen molar-refractivity contribution in [3.05, 3.63) is 0 Å². The van der Waals surface area contributed by atoms with Crippen molar-refractivity contribution in [1.82, 2.24) is 5.32 Å². The molecule has 1 saturated carbocycles. The van der Waals surface area contributed by atoms with E-state index in [1.165, 1.54) is 13.1 Å². The van der Waals surface area contributed by atoms with Crippen molar-refractivity contribution in [3.63, 3.8) is 0 Å². The molecule has 0 aromatic carbocycles. The molecule has 2 atom stereocenters. The maximum absolute atomic E-state index is 5.37. The van der Waals surface area contributed by atoms with Crippen molar-refractivity contribution in [3.8, 4) is 0 Å². The van der Waals surface area contributed by atoms with E-state index in [-0.39, 0.29) is 0 Å². The summed E-state index contributed by atoms with van der Waals surface area (Å²) >= 11 is 0. The lowest BCUT2D eigenvalue weighted by Crippen LogP contribution is -2.16. The van der Waals surface area contributed by atoms with Crippen LogP contribution < -0.4 is 5.32 Å². The van der Waals surface area contributed by atoms with Crippen LogP contribution in [-0.4, -0.2) is 26.3 Å². The number of piperidine rings is 1. The highest BCUT2D eigenvalue weighted by atomic mass is 16.5. The molecule has 0 aromatic heterocycles. The van der Waals surface area contributed by atoms with Gasteiger partial charge in [-0.3, -0.25) is 0 Å². The molecular formula is C8H15NO. The van der Waals surface area contributed by atoms with Gasteiger partial charge in [0.25, 0.3) is 0 Å². The third-order valence-corrected chi connectivity index (χ3v) is 2.78. The van der Waals surface area contributed by atoms with Gasteiger partial charge in [0.2, 0.25) is 0 Å². The molecule has 1 heterocycles. The second kappa shape index (κ2) is 2.51. The Morgan fingerprint density at radius 3 is 2.70 bits per heavy atom. The Kier molecular flexibility index (Phi) is 1.66. The number of nitrogens with one attached hydrogen (secondary N) is 1. The lowest BCUT2D eigenvalue weighted by molar-refractivity contribution is 0.128. The van der Waals surface area contributed by atoms with E-state index in [0.29, 0.717) is 0 Å². The number of ether oxygens (including phenoxy) is 1. The molecule has 1 saturated heterocycles. The molecule has 2 nitrogen and oxygen atoms in total. The molecule has 1 aliphatic heterocycles.